The molecule has 2 heterocycles. The zero-order chi connectivity index (χ0) is 26.4. The van der Waals surface area contributed by atoms with Crippen LogP contribution in [-0.2, 0) is 16.6 Å². The van der Waals surface area contributed by atoms with E-state index in [4.69, 9.17) is 20.0 Å². The molecule has 0 radical (unpaired) electrons. The van der Waals surface area contributed by atoms with Crippen molar-refractivity contribution >= 4 is 37.5 Å². The van der Waals surface area contributed by atoms with Gasteiger partial charge in [-0.05, 0) is 24.3 Å². The number of thiazole rings is 1. The molecule has 0 saturated carbocycles. The van der Waals surface area contributed by atoms with Crippen molar-refractivity contribution in [2.75, 3.05) is 26.3 Å². The van der Waals surface area contributed by atoms with E-state index in [1.54, 1.807) is 6.08 Å². The molecule has 37 heavy (non-hydrogen) atoms. The van der Waals surface area contributed by atoms with Crippen LogP contribution in [-0.4, -0.2) is 49.5 Å². The first-order valence-electron chi connectivity index (χ1n) is 11.4. The Labute approximate surface area is 218 Å². The summed E-state index contributed by atoms with van der Waals surface area (Å²) >= 11 is 1.32. The van der Waals surface area contributed by atoms with E-state index in [1.807, 2.05) is 28.8 Å². The maximum atomic E-state index is 13.0. The Bertz CT molecular complexity index is 1570. The fourth-order valence-electron chi connectivity index (χ4n) is 3.77. The summed E-state index contributed by atoms with van der Waals surface area (Å²) < 4.78 is 41.2. The molecule has 0 N–H and O–H groups in total. The fraction of sp³-hybridized carbons (Fsp3) is 0.280. The van der Waals surface area contributed by atoms with Gasteiger partial charge < -0.3 is 14.0 Å². The lowest BCUT2D eigenvalue weighted by atomic mass is 10.2. The van der Waals surface area contributed by atoms with Gasteiger partial charge in [-0.15, -0.1) is 6.58 Å². The number of nitrogens with zero attached hydrogens (tertiary/aromatic N) is 5. The van der Waals surface area contributed by atoms with Crippen molar-refractivity contribution in [1.82, 2.24) is 8.87 Å². The summed E-state index contributed by atoms with van der Waals surface area (Å²) in [5.74, 6) is 0.734. The van der Waals surface area contributed by atoms with Crippen LogP contribution in [0.3, 0.4) is 0 Å². The summed E-state index contributed by atoms with van der Waals surface area (Å²) in [4.78, 5) is 17.7. The average molecular weight is 538 g/mol. The number of allylic oxidation sites excluding steroid dienone is 1. The van der Waals surface area contributed by atoms with E-state index in [1.165, 1.54) is 35.6 Å². The monoisotopic (exact) mass is 537 g/mol. The Hall–Kier alpha value is -3.97. The molecule has 190 valence electrons. The first-order valence-corrected chi connectivity index (χ1v) is 13.6. The largest absolute Gasteiger partial charge is 0.486 e. The lowest BCUT2D eigenvalue weighted by molar-refractivity contribution is 0.0997. The second-order valence-corrected chi connectivity index (χ2v) is 10.9. The van der Waals surface area contributed by atoms with Crippen LogP contribution in [0, 0.1) is 22.7 Å². The molecular formula is C25H23N5O5S2. The van der Waals surface area contributed by atoms with Crippen molar-refractivity contribution in [3.05, 3.63) is 59.4 Å². The van der Waals surface area contributed by atoms with Crippen molar-refractivity contribution in [2.24, 2.45) is 4.99 Å². The van der Waals surface area contributed by atoms with Gasteiger partial charge in [-0.3, -0.25) is 4.79 Å². The third kappa shape index (κ3) is 5.57. The summed E-state index contributed by atoms with van der Waals surface area (Å²) in [5.41, 5.74) is 1.05. The smallest absolute Gasteiger partial charge is 0.279 e. The fourth-order valence-corrected chi connectivity index (χ4v) is 6.26. The van der Waals surface area contributed by atoms with E-state index in [0.29, 0.717) is 36.1 Å². The van der Waals surface area contributed by atoms with Crippen molar-refractivity contribution in [1.29, 1.82) is 10.5 Å². The molecule has 0 saturated heterocycles. The number of rotatable bonds is 9. The highest BCUT2D eigenvalue weighted by Gasteiger charge is 2.24. The van der Waals surface area contributed by atoms with E-state index in [-0.39, 0.29) is 36.4 Å². The van der Waals surface area contributed by atoms with Gasteiger partial charge in [-0.2, -0.15) is 19.8 Å². The van der Waals surface area contributed by atoms with Crippen LogP contribution < -0.4 is 14.3 Å². The molecule has 0 unspecified atom stereocenters. The van der Waals surface area contributed by atoms with Crippen LogP contribution in [0.25, 0.3) is 10.2 Å². The van der Waals surface area contributed by atoms with E-state index < -0.39 is 15.9 Å². The second kappa shape index (κ2) is 11.4. The Morgan fingerprint density at radius 3 is 2.32 bits per heavy atom. The minimum atomic E-state index is -3.93. The minimum absolute atomic E-state index is 0.00121. The highest BCUT2D eigenvalue weighted by molar-refractivity contribution is 7.89. The van der Waals surface area contributed by atoms with Crippen molar-refractivity contribution in [2.45, 2.75) is 24.3 Å². The van der Waals surface area contributed by atoms with E-state index >= 15 is 0 Å². The summed E-state index contributed by atoms with van der Waals surface area (Å²) in [6.07, 6.45) is 1.71. The van der Waals surface area contributed by atoms with Crippen LogP contribution >= 0.6 is 11.3 Å². The summed E-state index contributed by atoms with van der Waals surface area (Å²) in [6, 6.07) is 13.0. The molecule has 0 spiro atoms. The standard InChI is InChI=1S/C25H23N5O5S2/c1-2-11-30-20-16-21-22(35-15-14-34-21)17-23(20)36-25(30)28-24(31)18-5-7-19(8-6-18)37(32,33)29(12-3-9-26)13-4-10-27/h2,5-8,16-17H,1,3-4,11-15H2. The number of amides is 1. The molecule has 0 fully saturated rings. The van der Waals surface area contributed by atoms with E-state index in [9.17, 15) is 13.2 Å². The number of carbonyl (C=O) groups is 1. The molecule has 0 bridgehead atoms. The highest BCUT2D eigenvalue weighted by Crippen LogP contribution is 2.35. The molecule has 1 aliphatic heterocycles. The third-order valence-corrected chi connectivity index (χ3v) is 8.49. The van der Waals surface area contributed by atoms with Crippen LogP contribution in [0.15, 0.2) is 58.9 Å². The normalized spacial score (nSPS) is 13.3. The molecular weight excluding hydrogens is 514 g/mol. The van der Waals surface area contributed by atoms with Crippen LogP contribution in [0.5, 0.6) is 11.5 Å². The number of fused-ring (bicyclic) bond motifs is 2. The van der Waals surface area contributed by atoms with Gasteiger partial charge in [0, 0.05) is 50.2 Å². The van der Waals surface area contributed by atoms with Gasteiger partial charge in [0.1, 0.15) is 13.2 Å². The quantitative estimate of drug-likeness (QED) is 0.382. The molecule has 2 aromatic carbocycles. The van der Waals surface area contributed by atoms with Crippen molar-refractivity contribution < 1.29 is 22.7 Å². The zero-order valence-corrected chi connectivity index (χ0v) is 21.4. The number of hydrogen-bond acceptors (Lipinski definition) is 8. The lowest BCUT2D eigenvalue weighted by Crippen LogP contribution is -2.32. The molecule has 12 heteroatoms. The molecule has 0 atom stereocenters. The molecule has 3 aromatic rings. The molecule has 10 nitrogen and oxygen atoms in total. The predicted octanol–water partition coefficient (Wildman–Crippen LogP) is 3.22. The maximum absolute atomic E-state index is 13.0. The van der Waals surface area contributed by atoms with E-state index in [0.717, 1.165) is 14.5 Å². The van der Waals surface area contributed by atoms with Gasteiger partial charge in [0.25, 0.3) is 5.91 Å². The lowest BCUT2D eigenvalue weighted by Gasteiger charge is -2.20. The Kier molecular flexibility index (Phi) is 8.04. The van der Waals surface area contributed by atoms with Crippen molar-refractivity contribution in [3.8, 4) is 23.6 Å². The van der Waals surface area contributed by atoms with Crippen molar-refractivity contribution in [3.63, 3.8) is 0 Å². The Balaban J connectivity index is 1.65. The highest BCUT2D eigenvalue weighted by atomic mass is 32.2. The van der Waals surface area contributed by atoms with Gasteiger partial charge in [-0.25, -0.2) is 8.42 Å². The number of aromatic nitrogens is 1. The number of benzene rings is 2. The zero-order valence-electron chi connectivity index (χ0n) is 19.8. The number of carbonyl (C=O) groups excluding carboxylic acids is 1. The maximum Gasteiger partial charge on any atom is 0.279 e. The predicted molar refractivity (Wildman–Crippen MR) is 137 cm³/mol. The second-order valence-electron chi connectivity index (χ2n) is 7.91. The SMILES string of the molecule is C=CCn1c(=NC(=O)c2ccc(S(=O)(=O)N(CCC#N)CCC#N)cc2)sc2cc3c(cc21)OCCO3. The number of ether oxygens (including phenoxy) is 2. The first-order chi connectivity index (χ1) is 17.9. The molecule has 4 rings (SSSR count). The topological polar surface area (TPSA) is 138 Å². The van der Waals surface area contributed by atoms with Gasteiger partial charge in [0.05, 0.1) is 27.3 Å². The van der Waals surface area contributed by atoms with Gasteiger partial charge >= 0.3 is 0 Å². The minimum Gasteiger partial charge on any atom is -0.486 e. The summed E-state index contributed by atoms with van der Waals surface area (Å²) in [5, 5.41) is 17.7. The summed E-state index contributed by atoms with van der Waals surface area (Å²) in [6.45, 7) is 5.10. The summed E-state index contributed by atoms with van der Waals surface area (Å²) in [7, 11) is -3.93. The van der Waals surface area contributed by atoms with Gasteiger partial charge in [0.15, 0.2) is 16.3 Å². The van der Waals surface area contributed by atoms with Crippen LogP contribution in [0.4, 0.5) is 0 Å². The molecule has 1 aliphatic rings. The first kappa shape index (κ1) is 26.1. The third-order valence-electron chi connectivity index (χ3n) is 5.54. The average Bonchev–Trinajstić information content (AvgIpc) is 3.23. The molecule has 0 aliphatic carbocycles. The van der Waals surface area contributed by atoms with Crippen LogP contribution in [0.2, 0.25) is 0 Å². The number of nitriles is 2. The Morgan fingerprint density at radius 1 is 1.11 bits per heavy atom. The molecule has 1 aromatic heterocycles. The van der Waals surface area contributed by atoms with Crippen LogP contribution in [0.1, 0.15) is 23.2 Å². The van der Waals surface area contributed by atoms with Gasteiger partial charge in [-0.1, -0.05) is 17.4 Å². The molecule has 1 amide bonds. The van der Waals surface area contributed by atoms with Gasteiger partial charge in [0.2, 0.25) is 10.0 Å². The number of hydrogen-bond donors (Lipinski definition) is 0. The number of sulfonamides is 1. The van der Waals surface area contributed by atoms with E-state index in [2.05, 4.69) is 11.6 Å². The Morgan fingerprint density at radius 2 is 1.73 bits per heavy atom.